The zero-order valence-corrected chi connectivity index (χ0v) is 17.8. The van der Waals surface area contributed by atoms with Gasteiger partial charge in [0.25, 0.3) is 0 Å². The summed E-state index contributed by atoms with van der Waals surface area (Å²) < 4.78 is 61.3. The second-order valence-electron chi connectivity index (χ2n) is 7.11. The molecule has 0 unspecified atom stereocenters. The average Bonchev–Trinajstić information content (AvgIpc) is 3.18. The van der Waals surface area contributed by atoms with Gasteiger partial charge in [-0.05, 0) is 25.5 Å². The van der Waals surface area contributed by atoms with Gasteiger partial charge in [0.15, 0.2) is 29.8 Å². The smallest absolute Gasteiger partial charge is 0.410 e. The van der Waals surface area contributed by atoms with Crippen molar-refractivity contribution in [1.29, 1.82) is 0 Å². The molecule has 3 rings (SSSR count). The second kappa shape index (κ2) is 8.97. The summed E-state index contributed by atoms with van der Waals surface area (Å²) in [6.45, 7) is 0.940. The molecule has 12 heteroatoms. The van der Waals surface area contributed by atoms with Gasteiger partial charge in [0.05, 0.1) is 21.3 Å². The molecule has 0 saturated carbocycles. The van der Waals surface area contributed by atoms with Crippen LogP contribution in [0.5, 0.6) is 17.2 Å². The summed E-state index contributed by atoms with van der Waals surface area (Å²) in [6.07, 6.45) is -4.76. The molecule has 9 nitrogen and oxygen atoms in total. The maximum atomic E-state index is 13.3. The molecule has 1 aliphatic heterocycles. The Morgan fingerprint density at radius 2 is 1.75 bits per heavy atom. The predicted molar refractivity (Wildman–Crippen MR) is 106 cm³/mol. The lowest BCUT2D eigenvalue weighted by atomic mass is 10.1. The van der Waals surface area contributed by atoms with Gasteiger partial charge < -0.3 is 24.3 Å². The van der Waals surface area contributed by atoms with Crippen LogP contribution < -0.4 is 19.5 Å². The van der Waals surface area contributed by atoms with Gasteiger partial charge in [0.1, 0.15) is 5.82 Å². The van der Waals surface area contributed by atoms with Gasteiger partial charge >= 0.3 is 12.1 Å². The highest BCUT2D eigenvalue weighted by Gasteiger charge is 2.45. The number of hydrogen-bond acceptors (Lipinski definition) is 8. The first-order valence-corrected chi connectivity index (χ1v) is 9.52. The summed E-state index contributed by atoms with van der Waals surface area (Å²) in [7, 11) is 4.18. The molecule has 2 atom stereocenters. The zero-order chi connectivity index (χ0) is 23.6. The molecule has 1 aliphatic rings. The molecule has 0 spiro atoms. The summed E-state index contributed by atoms with van der Waals surface area (Å²) in [5.74, 6) is -0.796. The minimum atomic E-state index is -4.53. The molecule has 0 saturated heterocycles. The molecular weight excluding hydrogens is 435 g/mol. The third-order valence-corrected chi connectivity index (χ3v) is 4.91. The van der Waals surface area contributed by atoms with Crippen LogP contribution in [0.3, 0.4) is 0 Å². The number of esters is 1. The van der Waals surface area contributed by atoms with Crippen molar-refractivity contribution < 1.29 is 41.7 Å². The van der Waals surface area contributed by atoms with Crippen LogP contribution in [0, 0.1) is 0 Å². The van der Waals surface area contributed by atoms with Crippen molar-refractivity contribution in [2.75, 3.05) is 33.3 Å². The van der Waals surface area contributed by atoms with Crippen LogP contribution in [0.4, 0.5) is 19.0 Å². The SMILES string of the molecule is COc1cc(C(=O)COC(=O)c2cc3n(n2)[C@@H](C(F)(F)F)C[C@@H](C)N3)cc(OC)c1OC. The number of carbonyl (C=O) groups is 2. The van der Waals surface area contributed by atoms with E-state index in [1.54, 1.807) is 6.92 Å². The van der Waals surface area contributed by atoms with Gasteiger partial charge in [0, 0.05) is 17.7 Å². The number of hydrogen-bond donors (Lipinski definition) is 1. The third kappa shape index (κ3) is 4.58. The van der Waals surface area contributed by atoms with Crippen molar-refractivity contribution in [3.8, 4) is 17.2 Å². The zero-order valence-electron chi connectivity index (χ0n) is 17.8. The van der Waals surface area contributed by atoms with E-state index in [0.717, 1.165) is 4.68 Å². The Kier molecular flexibility index (Phi) is 6.51. The first-order chi connectivity index (χ1) is 15.1. The third-order valence-electron chi connectivity index (χ3n) is 4.91. The fourth-order valence-corrected chi connectivity index (χ4v) is 3.39. The minimum Gasteiger partial charge on any atom is -0.493 e. The minimum absolute atomic E-state index is 0.0500. The maximum absolute atomic E-state index is 13.3. The highest BCUT2D eigenvalue weighted by atomic mass is 19.4. The van der Waals surface area contributed by atoms with E-state index in [0.29, 0.717) is 0 Å². The van der Waals surface area contributed by atoms with Crippen LogP contribution >= 0.6 is 0 Å². The summed E-state index contributed by atoms with van der Waals surface area (Å²) in [4.78, 5) is 24.9. The number of ketones is 1. The van der Waals surface area contributed by atoms with Gasteiger partial charge in [-0.25, -0.2) is 9.48 Å². The highest BCUT2D eigenvalue weighted by molar-refractivity contribution is 6.00. The Labute approximate surface area is 181 Å². The topological polar surface area (TPSA) is 101 Å². The van der Waals surface area contributed by atoms with Crippen molar-refractivity contribution >= 4 is 17.6 Å². The fourth-order valence-electron chi connectivity index (χ4n) is 3.39. The number of fused-ring (bicyclic) bond motifs is 1. The molecule has 1 aromatic heterocycles. The second-order valence-corrected chi connectivity index (χ2v) is 7.11. The Bertz CT molecular complexity index is 995. The molecule has 1 N–H and O–H groups in total. The fraction of sp³-hybridized carbons (Fsp3) is 0.450. The molecule has 0 aliphatic carbocycles. The standard InChI is InChI=1S/C20H22F3N3O6/c1-10-5-16(20(21,22)23)26-17(24-10)8-12(25-26)19(28)32-9-13(27)11-6-14(29-2)18(31-4)15(7-11)30-3/h6-8,10,16,24H,5,9H2,1-4H3/t10-,16-/m1/s1. The normalized spacial score (nSPS) is 17.7. The van der Waals surface area contributed by atoms with Crippen LogP contribution in [-0.4, -0.2) is 61.7 Å². The van der Waals surface area contributed by atoms with Gasteiger partial charge in [-0.2, -0.15) is 18.3 Å². The first-order valence-electron chi connectivity index (χ1n) is 9.52. The van der Waals surface area contributed by atoms with Gasteiger partial charge in [-0.15, -0.1) is 0 Å². The Balaban J connectivity index is 1.75. The number of aromatic nitrogens is 2. The summed E-state index contributed by atoms with van der Waals surface area (Å²) in [5, 5.41) is 6.60. The largest absolute Gasteiger partial charge is 0.493 e. The van der Waals surface area contributed by atoms with Crippen LogP contribution in [-0.2, 0) is 4.74 Å². The number of alkyl halides is 3. The average molecular weight is 457 g/mol. The van der Waals surface area contributed by atoms with Crippen LogP contribution in [0.25, 0.3) is 0 Å². The molecule has 0 fully saturated rings. The van der Waals surface area contributed by atoms with Crippen LogP contribution in [0.1, 0.15) is 40.2 Å². The quantitative estimate of drug-likeness (QED) is 0.500. The predicted octanol–water partition coefficient (Wildman–Crippen LogP) is 3.26. The lowest BCUT2D eigenvalue weighted by Crippen LogP contribution is -2.37. The lowest BCUT2D eigenvalue weighted by Gasteiger charge is -2.31. The Hall–Kier alpha value is -3.44. The molecule has 174 valence electrons. The number of carbonyl (C=O) groups excluding carboxylic acids is 2. The number of nitrogens with one attached hydrogen (secondary N) is 1. The number of Topliss-reactive ketones (excluding diaryl/α,β-unsaturated/α-hetero) is 1. The van der Waals surface area contributed by atoms with E-state index >= 15 is 0 Å². The molecular formula is C20H22F3N3O6. The van der Waals surface area contributed by atoms with E-state index in [9.17, 15) is 22.8 Å². The van der Waals surface area contributed by atoms with E-state index in [1.807, 2.05) is 0 Å². The van der Waals surface area contributed by atoms with E-state index < -0.39 is 36.6 Å². The number of anilines is 1. The number of ether oxygens (including phenoxy) is 4. The molecule has 0 bridgehead atoms. The number of rotatable bonds is 7. The summed E-state index contributed by atoms with van der Waals surface area (Å²) in [6, 6.07) is 1.63. The van der Waals surface area contributed by atoms with E-state index in [4.69, 9.17) is 18.9 Å². The molecule has 32 heavy (non-hydrogen) atoms. The van der Waals surface area contributed by atoms with Crippen molar-refractivity contribution in [2.24, 2.45) is 0 Å². The van der Waals surface area contributed by atoms with Crippen molar-refractivity contribution in [2.45, 2.75) is 31.6 Å². The first kappa shape index (κ1) is 23.2. The summed E-state index contributed by atoms with van der Waals surface area (Å²) >= 11 is 0. The van der Waals surface area contributed by atoms with E-state index in [-0.39, 0.29) is 40.7 Å². The van der Waals surface area contributed by atoms with Crippen molar-refractivity contribution in [1.82, 2.24) is 9.78 Å². The summed E-state index contributed by atoms with van der Waals surface area (Å²) in [5.41, 5.74) is -0.211. The maximum Gasteiger partial charge on any atom is 0.410 e. The number of halogens is 3. The van der Waals surface area contributed by atoms with E-state index in [2.05, 4.69) is 10.4 Å². The lowest BCUT2D eigenvalue weighted by molar-refractivity contribution is -0.173. The number of methoxy groups -OCH3 is 3. The van der Waals surface area contributed by atoms with Crippen molar-refractivity contribution in [3.63, 3.8) is 0 Å². The van der Waals surface area contributed by atoms with Gasteiger partial charge in [-0.3, -0.25) is 4.79 Å². The molecule has 0 amide bonds. The molecule has 2 heterocycles. The monoisotopic (exact) mass is 457 g/mol. The Morgan fingerprint density at radius 3 is 2.28 bits per heavy atom. The molecule has 2 aromatic rings. The van der Waals surface area contributed by atoms with Gasteiger partial charge in [-0.1, -0.05) is 0 Å². The van der Waals surface area contributed by atoms with Crippen molar-refractivity contribution in [3.05, 3.63) is 29.5 Å². The van der Waals surface area contributed by atoms with Crippen LogP contribution in [0.2, 0.25) is 0 Å². The molecule has 0 radical (unpaired) electrons. The number of nitrogens with zero attached hydrogens (tertiary/aromatic N) is 2. The van der Waals surface area contributed by atoms with Crippen LogP contribution in [0.15, 0.2) is 18.2 Å². The highest BCUT2D eigenvalue weighted by Crippen LogP contribution is 2.40. The Morgan fingerprint density at radius 1 is 1.12 bits per heavy atom. The molecule has 1 aromatic carbocycles. The van der Waals surface area contributed by atoms with Gasteiger partial charge in [0.2, 0.25) is 11.5 Å². The van der Waals surface area contributed by atoms with E-state index in [1.165, 1.54) is 39.5 Å². The number of benzene rings is 1.